The maximum atomic E-state index is 12.9. The van der Waals surface area contributed by atoms with Gasteiger partial charge in [0.2, 0.25) is 0 Å². The van der Waals surface area contributed by atoms with Crippen molar-refractivity contribution in [2.75, 3.05) is 31.6 Å². The van der Waals surface area contributed by atoms with Gasteiger partial charge in [0.05, 0.1) is 35.5 Å². The van der Waals surface area contributed by atoms with Crippen molar-refractivity contribution in [2.24, 2.45) is 0 Å². The number of ether oxygens (including phenoxy) is 2. The van der Waals surface area contributed by atoms with E-state index in [-0.39, 0.29) is 17.6 Å². The molecule has 10 nitrogen and oxygen atoms in total. The van der Waals surface area contributed by atoms with Crippen LogP contribution in [-0.2, 0) is 22.6 Å². The summed E-state index contributed by atoms with van der Waals surface area (Å²) in [5.41, 5.74) is 4.41. The number of hydrogen-bond acceptors (Lipinski definition) is 7. The number of aryl methyl sites for hydroxylation is 2. The smallest absolute Gasteiger partial charge is 0.335 e. The lowest BCUT2D eigenvalue weighted by Crippen LogP contribution is -2.41. The first kappa shape index (κ1) is 29.5. The van der Waals surface area contributed by atoms with Crippen molar-refractivity contribution in [3.63, 3.8) is 0 Å². The van der Waals surface area contributed by atoms with E-state index in [2.05, 4.69) is 17.3 Å². The van der Waals surface area contributed by atoms with Crippen molar-refractivity contribution < 1.29 is 24.2 Å². The highest BCUT2D eigenvalue weighted by molar-refractivity contribution is 5.97. The van der Waals surface area contributed by atoms with Crippen LogP contribution in [0, 0.1) is 6.92 Å². The van der Waals surface area contributed by atoms with E-state index in [9.17, 15) is 14.7 Å². The number of rotatable bonds is 8. The van der Waals surface area contributed by atoms with Crippen LogP contribution in [0.3, 0.4) is 0 Å². The quantitative estimate of drug-likeness (QED) is 0.406. The summed E-state index contributed by atoms with van der Waals surface area (Å²) in [6, 6.07) is 6.53. The number of carboxylic acid groups (broad SMARTS) is 1. The predicted octanol–water partition coefficient (Wildman–Crippen LogP) is 4.90. The number of aromatic nitrogens is 3. The second-order valence-corrected chi connectivity index (χ2v) is 9.97. The molecule has 2 saturated heterocycles. The number of aromatic carboxylic acids is 1. The van der Waals surface area contributed by atoms with E-state index in [0.29, 0.717) is 31.3 Å². The zero-order valence-corrected chi connectivity index (χ0v) is 24.0. The molecule has 216 valence electrons. The highest BCUT2D eigenvalue weighted by Crippen LogP contribution is 2.32. The van der Waals surface area contributed by atoms with Gasteiger partial charge in [0.1, 0.15) is 0 Å². The number of pyridine rings is 1. The third kappa shape index (κ3) is 6.62. The van der Waals surface area contributed by atoms with Gasteiger partial charge in [-0.3, -0.25) is 4.79 Å². The van der Waals surface area contributed by atoms with Crippen molar-refractivity contribution >= 4 is 28.6 Å². The Morgan fingerprint density at radius 2 is 1.82 bits per heavy atom. The fourth-order valence-electron chi connectivity index (χ4n) is 5.26. The van der Waals surface area contributed by atoms with Crippen LogP contribution in [-0.4, -0.2) is 75.1 Å². The maximum absolute atomic E-state index is 12.9. The van der Waals surface area contributed by atoms with Crippen LogP contribution in [0.15, 0.2) is 30.5 Å². The van der Waals surface area contributed by atoms with Crippen LogP contribution in [0.2, 0.25) is 0 Å². The van der Waals surface area contributed by atoms with E-state index in [4.69, 9.17) is 14.5 Å². The van der Waals surface area contributed by atoms with E-state index >= 15 is 0 Å². The average molecular weight is 552 g/mol. The van der Waals surface area contributed by atoms with Gasteiger partial charge in [-0.05, 0) is 57.7 Å². The summed E-state index contributed by atoms with van der Waals surface area (Å²) in [5, 5.41) is 18.5. The number of hydrogen-bond donors (Lipinski definition) is 2. The highest BCUT2D eigenvalue weighted by Gasteiger charge is 2.26. The topological polar surface area (TPSA) is 119 Å². The molecule has 4 heterocycles. The third-order valence-electron chi connectivity index (χ3n) is 7.51. The molecule has 0 saturated carbocycles. The average Bonchev–Trinajstić information content (AvgIpc) is 3.41. The number of amides is 1. The van der Waals surface area contributed by atoms with Gasteiger partial charge in [-0.15, -0.1) is 0 Å². The van der Waals surface area contributed by atoms with Gasteiger partial charge >= 0.3 is 5.97 Å². The molecule has 0 spiro atoms. The normalized spacial score (nSPS) is 16.4. The van der Waals surface area contributed by atoms with E-state index in [1.807, 2.05) is 31.6 Å². The number of nitrogens with zero attached hydrogens (tertiary/aromatic N) is 4. The Bertz CT molecular complexity index is 1310. The Balaban J connectivity index is 0.00000181. The Morgan fingerprint density at radius 3 is 2.50 bits per heavy atom. The fourth-order valence-corrected chi connectivity index (χ4v) is 5.26. The molecule has 0 bridgehead atoms. The summed E-state index contributed by atoms with van der Waals surface area (Å²) in [6.07, 6.45) is 5.25. The molecule has 10 heteroatoms. The molecular formula is C30H41N5O5. The number of carbonyl (C=O) groups is 2. The Labute approximate surface area is 235 Å². The van der Waals surface area contributed by atoms with Crippen molar-refractivity contribution in [3.05, 3.63) is 52.8 Å². The molecular weight excluding hydrogens is 510 g/mol. The van der Waals surface area contributed by atoms with Crippen molar-refractivity contribution in [1.82, 2.24) is 19.7 Å². The second-order valence-electron chi connectivity index (χ2n) is 9.97. The maximum Gasteiger partial charge on any atom is 0.335 e. The zero-order valence-electron chi connectivity index (χ0n) is 24.0. The Morgan fingerprint density at radius 1 is 1.12 bits per heavy atom. The summed E-state index contributed by atoms with van der Waals surface area (Å²) in [5.74, 6) is -1.18. The van der Waals surface area contributed by atoms with Gasteiger partial charge in [-0.2, -0.15) is 5.10 Å². The summed E-state index contributed by atoms with van der Waals surface area (Å²) in [7, 11) is 0. The minimum absolute atomic E-state index is 0.0220. The first-order valence-corrected chi connectivity index (χ1v) is 14.4. The number of anilines is 1. The van der Waals surface area contributed by atoms with Crippen LogP contribution in [0.1, 0.15) is 78.4 Å². The molecule has 5 rings (SSSR count). The molecule has 0 atom stereocenters. The molecule has 1 aromatic carbocycles. The Hall–Kier alpha value is -3.50. The SMILES string of the molecule is CC.CCn1ncc2c(NC3CCOCC3)c(COC3CCN(C(=O)c4cccc(C(=O)O)c4)CC3)c(C)nc21. The minimum atomic E-state index is -1.04. The van der Waals surface area contributed by atoms with E-state index in [0.717, 1.165) is 73.4 Å². The molecule has 2 aliphatic heterocycles. The molecule has 0 aliphatic carbocycles. The van der Waals surface area contributed by atoms with Crippen LogP contribution < -0.4 is 5.32 Å². The van der Waals surface area contributed by atoms with Gasteiger partial charge in [-0.25, -0.2) is 14.5 Å². The minimum Gasteiger partial charge on any atom is -0.478 e. The molecule has 0 unspecified atom stereocenters. The monoisotopic (exact) mass is 551 g/mol. The molecule has 3 aromatic rings. The van der Waals surface area contributed by atoms with E-state index in [1.54, 1.807) is 17.0 Å². The fraction of sp³-hybridized carbons (Fsp3) is 0.533. The lowest BCUT2D eigenvalue weighted by molar-refractivity contribution is -0.000430. The first-order chi connectivity index (χ1) is 19.4. The Kier molecular flexibility index (Phi) is 10.1. The number of fused-ring (bicyclic) bond motifs is 1. The number of benzene rings is 1. The van der Waals surface area contributed by atoms with Gasteiger partial charge in [-0.1, -0.05) is 19.9 Å². The highest BCUT2D eigenvalue weighted by atomic mass is 16.5. The largest absolute Gasteiger partial charge is 0.478 e. The number of nitrogens with one attached hydrogen (secondary N) is 1. The van der Waals surface area contributed by atoms with Crippen molar-refractivity contribution in [3.8, 4) is 0 Å². The summed E-state index contributed by atoms with van der Waals surface area (Å²) in [6.45, 7) is 11.9. The molecule has 2 aromatic heterocycles. The molecule has 2 fully saturated rings. The number of carbonyl (C=O) groups excluding carboxylic acids is 1. The molecule has 40 heavy (non-hydrogen) atoms. The number of likely N-dealkylation sites (tertiary alicyclic amines) is 1. The number of carboxylic acids is 1. The summed E-state index contributed by atoms with van der Waals surface area (Å²) >= 11 is 0. The van der Waals surface area contributed by atoms with Gasteiger partial charge < -0.3 is 24.8 Å². The zero-order chi connectivity index (χ0) is 28.6. The number of piperidine rings is 1. The van der Waals surface area contributed by atoms with Crippen molar-refractivity contribution in [1.29, 1.82) is 0 Å². The lowest BCUT2D eigenvalue weighted by atomic mass is 10.0. The van der Waals surface area contributed by atoms with Gasteiger partial charge in [0.15, 0.2) is 5.65 Å². The predicted molar refractivity (Wildman–Crippen MR) is 154 cm³/mol. The standard InChI is InChI=1S/C28H35N5O5.C2H6/c1-3-33-26-23(16-29-33)25(31-21-9-13-37-14-10-21)24(18(2)30-26)17-38-22-7-11-32(12-8-22)27(34)19-5-4-6-20(15-19)28(35)36;1-2/h4-6,15-16,21-22H,3,7-14,17H2,1-2H3,(H,30,31)(H,35,36);1-2H3. The summed E-state index contributed by atoms with van der Waals surface area (Å²) < 4.78 is 13.9. The van der Waals surface area contributed by atoms with Crippen LogP contribution in [0.25, 0.3) is 11.0 Å². The second kappa shape index (κ2) is 13.7. The van der Waals surface area contributed by atoms with Crippen molar-refractivity contribution in [2.45, 2.75) is 78.7 Å². The van der Waals surface area contributed by atoms with Crippen LogP contribution in [0.5, 0.6) is 0 Å². The van der Waals surface area contributed by atoms with Crippen LogP contribution >= 0.6 is 0 Å². The first-order valence-electron chi connectivity index (χ1n) is 14.4. The summed E-state index contributed by atoms with van der Waals surface area (Å²) in [4.78, 5) is 30.9. The molecule has 0 radical (unpaired) electrons. The molecule has 2 N–H and O–H groups in total. The van der Waals surface area contributed by atoms with Crippen LogP contribution in [0.4, 0.5) is 5.69 Å². The van der Waals surface area contributed by atoms with E-state index < -0.39 is 5.97 Å². The van der Waals surface area contributed by atoms with Gasteiger partial charge in [0, 0.05) is 55.7 Å². The van der Waals surface area contributed by atoms with E-state index in [1.165, 1.54) is 12.1 Å². The third-order valence-corrected chi connectivity index (χ3v) is 7.51. The van der Waals surface area contributed by atoms with Gasteiger partial charge in [0.25, 0.3) is 5.91 Å². The lowest BCUT2D eigenvalue weighted by Gasteiger charge is -2.32. The molecule has 1 amide bonds. The molecule has 2 aliphatic rings.